The predicted molar refractivity (Wildman–Crippen MR) is 63.7 cm³/mol. The van der Waals surface area contributed by atoms with E-state index in [9.17, 15) is 4.79 Å². The van der Waals surface area contributed by atoms with Crippen LogP contribution in [-0.2, 0) is 19.0 Å². The second kappa shape index (κ2) is 9.15. The zero-order valence-electron chi connectivity index (χ0n) is 10.7. The van der Waals surface area contributed by atoms with Crippen LogP contribution in [0.5, 0.6) is 0 Å². The minimum Gasteiger partial charge on any atom is -0.460 e. The molecule has 0 rings (SSSR count). The summed E-state index contributed by atoms with van der Waals surface area (Å²) < 4.78 is 15.5. The van der Waals surface area contributed by atoms with Gasteiger partial charge >= 0.3 is 5.97 Å². The van der Waals surface area contributed by atoms with E-state index in [0.717, 1.165) is 6.08 Å². The van der Waals surface area contributed by atoms with Gasteiger partial charge in [-0.15, -0.1) is 0 Å². The summed E-state index contributed by atoms with van der Waals surface area (Å²) in [6.45, 7) is 9.47. The molecular formula is C12H22O5. The van der Waals surface area contributed by atoms with Gasteiger partial charge in [-0.25, -0.2) is 4.79 Å². The maximum atomic E-state index is 10.8. The summed E-state index contributed by atoms with van der Waals surface area (Å²) >= 11 is 0. The van der Waals surface area contributed by atoms with E-state index in [2.05, 4.69) is 6.58 Å². The van der Waals surface area contributed by atoms with E-state index < -0.39 is 12.1 Å². The Balaban J connectivity index is 3.58. The van der Waals surface area contributed by atoms with Gasteiger partial charge < -0.3 is 19.3 Å². The summed E-state index contributed by atoms with van der Waals surface area (Å²) in [5.74, 6) is -0.459. The van der Waals surface area contributed by atoms with E-state index >= 15 is 0 Å². The smallest absolute Gasteiger partial charge is 0.330 e. The van der Waals surface area contributed by atoms with Crippen molar-refractivity contribution in [2.24, 2.45) is 0 Å². The van der Waals surface area contributed by atoms with Gasteiger partial charge in [0.15, 0.2) is 0 Å². The maximum absolute atomic E-state index is 10.8. The third-order valence-corrected chi connectivity index (χ3v) is 1.86. The average molecular weight is 246 g/mol. The molecule has 0 aliphatic heterocycles. The van der Waals surface area contributed by atoms with Crippen LogP contribution in [0.15, 0.2) is 12.7 Å². The lowest BCUT2D eigenvalue weighted by Gasteiger charge is -2.18. The molecule has 0 aromatic heterocycles. The van der Waals surface area contributed by atoms with Gasteiger partial charge in [-0.1, -0.05) is 6.58 Å². The molecule has 5 nitrogen and oxygen atoms in total. The molecule has 0 heterocycles. The van der Waals surface area contributed by atoms with Crippen LogP contribution in [0.3, 0.4) is 0 Å². The fourth-order valence-electron chi connectivity index (χ4n) is 0.958. The van der Waals surface area contributed by atoms with E-state index in [0.29, 0.717) is 6.61 Å². The second-order valence-corrected chi connectivity index (χ2v) is 3.97. The number of ether oxygens (including phenoxy) is 3. The monoisotopic (exact) mass is 246 g/mol. The van der Waals surface area contributed by atoms with Crippen LogP contribution in [0.4, 0.5) is 0 Å². The van der Waals surface area contributed by atoms with Gasteiger partial charge in [0.05, 0.1) is 31.5 Å². The van der Waals surface area contributed by atoms with Gasteiger partial charge in [-0.2, -0.15) is 0 Å². The highest BCUT2D eigenvalue weighted by Crippen LogP contribution is 1.99. The molecule has 100 valence electrons. The lowest BCUT2D eigenvalue weighted by molar-refractivity contribution is -0.142. The van der Waals surface area contributed by atoms with Crippen LogP contribution in [0.1, 0.15) is 20.8 Å². The predicted octanol–water partition coefficient (Wildman–Crippen LogP) is 0.907. The minimum absolute atomic E-state index is 0.109. The van der Waals surface area contributed by atoms with Gasteiger partial charge in [0.25, 0.3) is 0 Å². The largest absolute Gasteiger partial charge is 0.460 e. The molecule has 0 spiro atoms. The Labute approximate surface area is 102 Å². The number of aliphatic hydroxyl groups is 1. The molecule has 17 heavy (non-hydrogen) atoms. The van der Waals surface area contributed by atoms with Crippen molar-refractivity contribution in [2.75, 3.05) is 19.8 Å². The van der Waals surface area contributed by atoms with Gasteiger partial charge in [-0.05, 0) is 20.8 Å². The third-order valence-electron chi connectivity index (χ3n) is 1.86. The average Bonchev–Trinajstić information content (AvgIpc) is 2.30. The molecule has 3 unspecified atom stereocenters. The van der Waals surface area contributed by atoms with Gasteiger partial charge in [0, 0.05) is 6.08 Å². The van der Waals surface area contributed by atoms with Crippen LogP contribution >= 0.6 is 0 Å². The molecule has 0 saturated carbocycles. The van der Waals surface area contributed by atoms with Crippen molar-refractivity contribution >= 4 is 5.97 Å². The SMILES string of the molecule is C=CC(=O)OCC(C)OCC(C)OCC(C)O. The summed E-state index contributed by atoms with van der Waals surface area (Å²) in [6, 6.07) is 0. The van der Waals surface area contributed by atoms with Crippen LogP contribution in [-0.4, -0.2) is 49.2 Å². The number of hydrogen-bond acceptors (Lipinski definition) is 5. The normalized spacial score (nSPS) is 16.0. The summed E-state index contributed by atoms with van der Waals surface area (Å²) in [6.07, 6.45) is 0.322. The second-order valence-electron chi connectivity index (χ2n) is 3.97. The Morgan fingerprint density at radius 3 is 2.24 bits per heavy atom. The van der Waals surface area contributed by atoms with Crippen molar-refractivity contribution in [3.05, 3.63) is 12.7 Å². The Morgan fingerprint density at radius 1 is 1.18 bits per heavy atom. The van der Waals surface area contributed by atoms with Crippen LogP contribution in [0.25, 0.3) is 0 Å². The number of carbonyl (C=O) groups excluding carboxylic acids is 1. The molecule has 0 aromatic rings. The topological polar surface area (TPSA) is 65.0 Å². The van der Waals surface area contributed by atoms with Crippen LogP contribution < -0.4 is 0 Å². The fraction of sp³-hybridized carbons (Fsp3) is 0.750. The summed E-state index contributed by atoms with van der Waals surface area (Å²) in [5, 5.41) is 9.02. The van der Waals surface area contributed by atoms with E-state index in [1.54, 1.807) is 13.8 Å². The highest BCUT2D eigenvalue weighted by atomic mass is 16.6. The van der Waals surface area contributed by atoms with E-state index in [1.807, 2.05) is 6.92 Å². The summed E-state index contributed by atoms with van der Waals surface area (Å²) in [4.78, 5) is 10.8. The van der Waals surface area contributed by atoms with Crippen molar-refractivity contribution in [1.29, 1.82) is 0 Å². The van der Waals surface area contributed by atoms with Crippen molar-refractivity contribution in [3.63, 3.8) is 0 Å². The molecule has 0 aliphatic carbocycles. The molecule has 1 N–H and O–H groups in total. The van der Waals surface area contributed by atoms with Crippen molar-refractivity contribution in [2.45, 2.75) is 39.1 Å². The molecule has 0 saturated heterocycles. The number of hydrogen-bond donors (Lipinski definition) is 1. The van der Waals surface area contributed by atoms with Crippen LogP contribution in [0.2, 0.25) is 0 Å². The summed E-state index contributed by atoms with van der Waals surface area (Å²) in [7, 11) is 0. The van der Waals surface area contributed by atoms with E-state index in [-0.39, 0.29) is 25.4 Å². The maximum Gasteiger partial charge on any atom is 0.330 e. The zero-order valence-corrected chi connectivity index (χ0v) is 10.7. The molecule has 3 atom stereocenters. The molecule has 0 fully saturated rings. The molecule has 0 bridgehead atoms. The van der Waals surface area contributed by atoms with E-state index in [4.69, 9.17) is 19.3 Å². The highest BCUT2D eigenvalue weighted by molar-refractivity contribution is 5.81. The molecule has 0 radical (unpaired) electrons. The number of carbonyl (C=O) groups is 1. The minimum atomic E-state index is -0.483. The first kappa shape index (κ1) is 16.1. The van der Waals surface area contributed by atoms with Gasteiger partial charge in [0.2, 0.25) is 0 Å². The lowest BCUT2D eigenvalue weighted by atomic mass is 10.4. The van der Waals surface area contributed by atoms with Crippen molar-refractivity contribution < 1.29 is 24.1 Å². The zero-order chi connectivity index (χ0) is 13.3. The Morgan fingerprint density at radius 2 is 1.71 bits per heavy atom. The Hall–Kier alpha value is -0.910. The Kier molecular flexibility index (Phi) is 8.66. The standard InChI is InChI=1S/C12H22O5/c1-5-12(14)17-8-11(4)16-7-10(3)15-6-9(2)13/h5,9-11,13H,1,6-8H2,2-4H3. The number of aliphatic hydroxyl groups excluding tert-OH is 1. The molecule has 0 aromatic carbocycles. The summed E-state index contributed by atoms with van der Waals surface area (Å²) in [5.41, 5.74) is 0. The molecular weight excluding hydrogens is 224 g/mol. The number of esters is 1. The first-order chi connectivity index (χ1) is 7.95. The lowest BCUT2D eigenvalue weighted by Crippen LogP contribution is -2.26. The van der Waals surface area contributed by atoms with Crippen LogP contribution in [0, 0.1) is 0 Å². The van der Waals surface area contributed by atoms with E-state index in [1.165, 1.54) is 0 Å². The Bertz CT molecular complexity index is 227. The first-order valence-electron chi connectivity index (χ1n) is 5.66. The highest BCUT2D eigenvalue weighted by Gasteiger charge is 2.09. The van der Waals surface area contributed by atoms with Gasteiger partial charge in [0.1, 0.15) is 6.61 Å². The third kappa shape index (κ3) is 9.99. The molecule has 5 heteroatoms. The fourth-order valence-corrected chi connectivity index (χ4v) is 0.958. The first-order valence-corrected chi connectivity index (χ1v) is 5.66. The number of rotatable bonds is 9. The quantitative estimate of drug-likeness (QED) is 0.484. The molecule has 0 amide bonds. The molecule has 0 aliphatic rings. The van der Waals surface area contributed by atoms with Gasteiger partial charge in [-0.3, -0.25) is 0 Å². The van der Waals surface area contributed by atoms with Crippen molar-refractivity contribution in [3.8, 4) is 0 Å². The van der Waals surface area contributed by atoms with Crippen molar-refractivity contribution in [1.82, 2.24) is 0 Å².